The van der Waals surface area contributed by atoms with Crippen LogP contribution >= 0.6 is 15.9 Å². The van der Waals surface area contributed by atoms with Crippen LogP contribution in [0, 0.1) is 11.3 Å². The van der Waals surface area contributed by atoms with E-state index in [1.807, 2.05) is 19.2 Å². The quantitative estimate of drug-likeness (QED) is 0.826. The highest BCUT2D eigenvalue weighted by molar-refractivity contribution is 9.10. The lowest BCUT2D eigenvalue weighted by atomic mass is 10.3. The molecule has 1 aromatic heterocycles. The summed E-state index contributed by atoms with van der Waals surface area (Å²) in [6, 6.07) is 6.08. The number of hydrogen-bond acceptors (Lipinski definition) is 3. The van der Waals surface area contributed by atoms with Gasteiger partial charge in [-0.1, -0.05) is 0 Å². The number of nitriles is 1. The fourth-order valence-corrected chi connectivity index (χ4v) is 1.33. The van der Waals surface area contributed by atoms with Crippen LogP contribution in [0.1, 0.15) is 12.1 Å². The Hall–Kier alpha value is -0.920. The molecule has 74 valence electrons. The molecule has 0 amide bonds. The van der Waals surface area contributed by atoms with E-state index in [9.17, 15) is 0 Å². The fraction of sp³-hybridized carbons (Fsp3) is 0.400. The molecule has 0 fully saturated rings. The van der Waals surface area contributed by atoms with Gasteiger partial charge in [-0.2, -0.15) is 5.26 Å². The van der Waals surface area contributed by atoms with Gasteiger partial charge in [0.25, 0.3) is 0 Å². The van der Waals surface area contributed by atoms with Gasteiger partial charge < -0.3 is 0 Å². The second-order valence-electron chi connectivity index (χ2n) is 3.11. The summed E-state index contributed by atoms with van der Waals surface area (Å²) in [7, 11) is 1.99. The Labute approximate surface area is 92.5 Å². The van der Waals surface area contributed by atoms with Gasteiger partial charge in [0.05, 0.1) is 11.8 Å². The first kappa shape index (κ1) is 11.2. The van der Waals surface area contributed by atoms with Crippen LogP contribution in [-0.2, 0) is 6.54 Å². The summed E-state index contributed by atoms with van der Waals surface area (Å²) in [5.74, 6) is 0. The molecule has 0 bridgehead atoms. The first-order valence-corrected chi connectivity index (χ1v) is 5.17. The number of pyridine rings is 1. The van der Waals surface area contributed by atoms with Crippen molar-refractivity contribution in [2.24, 2.45) is 0 Å². The van der Waals surface area contributed by atoms with Crippen LogP contribution in [0.15, 0.2) is 22.8 Å². The topological polar surface area (TPSA) is 39.9 Å². The molecule has 0 aliphatic heterocycles. The van der Waals surface area contributed by atoms with E-state index in [-0.39, 0.29) is 0 Å². The molecule has 0 radical (unpaired) electrons. The molecule has 0 aliphatic rings. The predicted octanol–water partition coefficient (Wildman–Crippen LogP) is 2.19. The lowest BCUT2D eigenvalue weighted by Gasteiger charge is -2.13. The standard InChI is InChI=1S/C10H12BrN3/c1-14(6-2-5-12)8-10-4-3-9(11)7-13-10/h3-4,7H,2,6,8H2,1H3. The normalized spacial score (nSPS) is 10.1. The van der Waals surface area contributed by atoms with Crippen molar-refractivity contribution in [2.45, 2.75) is 13.0 Å². The van der Waals surface area contributed by atoms with Gasteiger partial charge in [-0.15, -0.1) is 0 Å². The maximum absolute atomic E-state index is 8.42. The third-order valence-corrected chi connectivity index (χ3v) is 2.29. The molecule has 0 spiro atoms. The van der Waals surface area contributed by atoms with Gasteiger partial charge in [-0.3, -0.25) is 9.88 Å². The third kappa shape index (κ3) is 3.86. The monoisotopic (exact) mass is 253 g/mol. The molecule has 0 aromatic carbocycles. The zero-order chi connectivity index (χ0) is 10.4. The zero-order valence-corrected chi connectivity index (χ0v) is 9.66. The minimum absolute atomic E-state index is 0.563. The average Bonchev–Trinajstić information content (AvgIpc) is 2.18. The molecule has 0 unspecified atom stereocenters. The van der Waals surface area contributed by atoms with Crippen molar-refractivity contribution in [3.8, 4) is 6.07 Å². The molecule has 0 saturated heterocycles. The first-order chi connectivity index (χ1) is 6.72. The zero-order valence-electron chi connectivity index (χ0n) is 8.07. The molecule has 0 saturated carbocycles. The maximum Gasteiger partial charge on any atom is 0.0635 e. The van der Waals surface area contributed by atoms with Gasteiger partial charge in [0.1, 0.15) is 0 Å². The molecule has 0 N–H and O–H groups in total. The van der Waals surface area contributed by atoms with E-state index < -0.39 is 0 Å². The molecule has 1 rings (SSSR count). The van der Waals surface area contributed by atoms with Gasteiger partial charge in [-0.25, -0.2) is 0 Å². The smallest absolute Gasteiger partial charge is 0.0635 e. The van der Waals surface area contributed by atoms with E-state index in [4.69, 9.17) is 5.26 Å². The van der Waals surface area contributed by atoms with E-state index in [1.54, 1.807) is 6.20 Å². The van der Waals surface area contributed by atoms with Gasteiger partial charge in [0, 0.05) is 30.2 Å². The lowest BCUT2D eigenvalue weighted by Crippen LogP contribution is -2.19. The van der Waals surface area contributed by atoms with E-state index in [1.165, 1.54) is 0 Å². The van der Waals surface area contributed by atoms with Crippen LogP contribution in [-0.4, -0.2) is 23.5 Å². The molecule has 1 heterocycles. The van der Waals surface area contributed by atoms with Crippen LogP contribution in [0.25, 0.3) is 0 Å². The van der Waals surface area contributed by atoms with E-state index in [0.29, 0.717) is 6.42 Å². The highest BCUT2D eigenvalue weighted by atomic mass is 79.9. The SMILES string of the molecule is CN(CCC#N)Cc1ccc(Br)cn1. The van der Waals surface area contributed by atoms with Gasteiger partial charge in [0.2, 0.25) is 0 Å². The summed E-state index contributed by atoms with van der Waals surface area (Å²) >= 11 is 3.33. The molecule has 14 heavy (non-hydrogen) atoms. The second kappa shape index (κ2) is 5.74. The summed E-state index contributed by atoms with van der Waals surface area (Å²) in [6.45, 7) is 1.57. The van der Waals surface area contributed by atoms with E-state index in [0.717, 1.165) is 23.3 Å². The number of hydrogen-bond donors (Lipinski definition) is 0. The minimum Gasteiger partial charge on any atom is -0.300 e. The molecule has 3 nitrogen and oxygen atoms in total. The van der Waals surface area contributed by atoms with Gasteiger partial charge >= 0.3 is 0 Å². The average molecular weight is 254 g/mol. The highest BCUT2D eigenvalue weighted by Crippen LogP contribution is 2.08. The third-order valence-electron chi connectivity index (χ3n) is 1.83. The van der Waals surface area contributed by atoms with Crippen molar-refractivity contribution in [3.05, 3.63) is 28.5 Å². The van der Waals surface area contributed by atoms with Crippen molar-refractivity contribution in [1.29, 1.82) is 5.26 Å². The van der Waals surface area contributed by atoms with Crippen LogP contribution in [0.2, 0.25) is 0 Å². The summed E-state index contributed by atoms with van der Waals surface area (Å²) in [5, 5.41) is 8.42. The van der Waals surface area contributed by atoms with Crippen molar-refractivity contribution < 1.29 is 0 Å². The Kier molecular flexibility index (Phi) is 4.57. The van der Waals surface area contributed by atoms with Crippen LogP contribution in [0.3, 0.4) is 0 Å². The van der Waals surface area contributed by atoms with Crippen molar-refractivity contribution in [1.82, 2.24) is 9.88 Å². The Bertz CT molecular complexity index is 315. The minimum atomic E-state index is 0.563. The Morgan fingerprint density at radius 1 is 1.57 bits per heavy atom. The van der Waals surface area contributed by atoms with Crippen LogP contribution < -0.4 is 0 Å². The number of halogens is 1. The molecule has 0 aliphatic carbocycles. The van der Waals surface area contributed by atoms with Crippen LogP contribution in [0.4, 0.5) is 0 Å². The molecule has 0 atom stereocenters. The number of nitrogens with zero attached hydrogens (tertiary/aromatic N) is 3. The molecule has 1 aromatic rings. The number of rotatable bonds is 4. The summed E-state index contributed by atoms with van der Waals surface area (Å²) in [6.07, 6.45) is 2.35. The van der Waals surface area contributed by atoms with Gasteiger partial charge in [-0.05, 0) is 35.1 Å². The molecule has 4 heteroatoms. The van der Waals surface area contributed by atoms with Crippen molar-refractivity contribution in [3.63, 3.8) is 0 Å². The second-order valence-corrected chi connectivity index (χ2v) is 4.03. The highest BCUT2D eigenvalue weighted by Gasteiger charge is 2.00. The van der Waals surface area contributed by atoms with E-state index >= 15 is 0 Å². The first-order valence-electron chi connectivity index (χ1n) is 4.38. The molecular formula is C10H12BrN3. The largest absolute Gasteiger partial charge is 0.300 e. The van der Waals surface area contributed by atoms with Gasteiger partial charge in [0.15, 0.2) is 0 Å². The van der Waals surface area contributed by atoms with Crippen molar-refractivity contribution >= 4 is 15.9 Å². The van der Waals surface area contributed by atoms with Crippen LogP contribution in [0.5, 0.6) is 0 Å². The molecular weight excluding hydrogens is 242 g/mol. The number of aromatic nitrogens is 1. The summed E-state index contributed by atoms with van der Waals surface area (Å²) in [5.41, 5.74) is 1.02. The maximum atomic E-state index is 8.42. The fourth-order valence-electron chi connectivity index (χ4n) is 1.10. The lowest BCUT2D eigenvalue weighted by molar-refractivity contribution is 0.331. The predicted molar refractivity (Wildman–Crippen MR) is 58.5 cm³/mol. The summed E-state index contributed by atoms with van der Waals surface area (Å²) in [4.78, 5) is 6.34. The summed E-state index contributed by atoms with van der Waals surface area (Å²) < 4.78 is 0.987. The van der Waals surface area contributed by atoms with Crippen molar-refractivity contribution in [2.75, 3.05) is 13.6 Å². The Morgan fingerprint density at radius 2 is 2.36 bits per heavy atom. The Balaban J connectivity index is 2.44. The Morgan fingerprint density at radius 3 is 2.93 bits per heavy atom. The van der Waals surface area contributed by atoms with E-state index in [2.05, 4.69) is 31.9 Å².